The van der Waals surface area contributed by atoms with E-state index in [1.807, 2.05) is 30.3 Å². The molecule has 0 aliphatic carbocycles. The van der Waals surface area contributed by atoms with Gasteiger partial charge in [-0.15, -0.1) is 0 Å². The lowest BCUT2D eigenvalue weighted by molar-refractivity contribution is -0.128. The number of ether oxygens (including phenoxy) is 1. The molecule has 0 bridgehead atoms. The lowest BCUT2D eigenvalue weighted by Crippen LogP contribution is -2.35. The summed E-state index contributed by atoms with van der Waals surface area (Å²) in [5.41, 5.74) is 1.45. The van der Waals surface area contributed by atoms with Crippen molar-refractivity contribution in [2.24, 2.45) is 0 Å². The Hall–Kier alpha value is -3.00. The van der Waals surface area contributed by atoms with Crippen LogP contribution in [0.5, 0.6) is 5.75 Å². The predicted molar refractivity (Wildman–Crippen MR) is 96.8 cm³/mol. The van der Waals surface area contributed by atoms with Crippen molar-refractivity contribution >= 4 is 11.9 Å². The zero-order chi connectivity index (χ0) is 20.1. The van der Waals surface area contributed by atoms with Crippen molar-refractivity contribution in [2.75, 3.05) is 6.54 Å². The van der Waals surface area contributed by atoms with Crippen molar-refractivity contribution in [1.82, 2.24) is 10.2 Å². The second-order valence-corrected chi connectivity index (χ2v) is 6.44. The number of benzene rings is 2. The number of halogens is 2. The summed E-state index contributed by atoms with van der Waals surface area (Å²) in [4.78, 5) is 25.6. The van der Waals surface area contributed by atoms with Gasteiger partial charge in [-0.25, -0.2) is 4.79 Å². The maximum absolute atomic E-state index is 12.5. The minimum Gasteiger partial charge on any atom is -0.435 e. The maximum Gasteiger partial charge on any atom is 0.387 e. The summed E-state index contributed by atoms with van der Waals surface area (Å²) < 4.78 is 28.6. The number of carbonyl (C=O) groups is 2. The Morgan fingerprint density at radius 3 is 2.39 bits per heavy atom. The average molecular weight is 390 g/mol. The number of rotatable bonds is 8. The summed E-state index contributed by atoms with van der Waals surface area (Å²) >= 11 is 0. The first-order valence-corrected chi connectivity index (χ1v) is 8.82. The van der Waals surface area contributed by atoms with Gasteiger partial charge in [0.25, 0.3) is 5.91 Å². The SMILES string of the molecule is O=C1NC(CCc2ccccc2)C(=O)N1CC(O)c1ccc(OC(F)F)cc1. The molecule has 3 amide bonds. The molecule has 148 valence electrons. The summed E-state index contributed by atoms with van der Waals surface area (Å²) in [6, 6.07) is 13.8. The molecule has 28 heavy (non-hydrogen) atoms. The molecule has 0 radical (unpaired) electrons. The molecule has 8 heteroatoms. The van der Waals surface area contributed by atoms with Crippen LogP contribution in [-0.2, 0) is 11.2 Å². The van der Waals surface area contributed by atoms with E-state index in [2.05, 4.69) is 10.1 Å². The normalized spacial score (nSPS) is 17.7. The fraction of sp³-hybridized carbons (Fsp3) is 0.300. The highest BCUT2D eigenvalue weighted by atomic mass is 19.3. The summed E-state index contributed by atoms with van der Waals surface area (Å²) in [7, 11) is 0. The van der Waals surface area contributed by atoms with E-state index in [0.717, 1.165) is 10.5 Å². The van der Waals surface area contributed by atoms with E-state index in [9.17, 15) is 23.5 Å². The van der Waals surface area contributed by atoms with Crippen LogP contribution in [0.3, 0.4) is 0 Å². The molecule has 1 aliphatic rings. The van der Waals surface area contributed by atoms with Crippen molar-refractivity contribution < 1.29 is 28.2 Å². The van der Waals surface area contributed by atoms with E-state index < -0.39 is 30.7 Å². The molecule has 2 unspecified atom stereocenters. The monoisotopic (exact) mass is 390 g/mol. The number of hydrogen-bond donors (Lipinski definition) is 2. The Morgan fingerprint density at radius 2 is 1.75 bits per heavy atom. The van der Waals surface area contributed by atoms with Crippen LogP contribution in [0.1, 0.15) is 23.7 Å². The zero-order valence-electron chi connectivity index (χ0n) is 14.9. The molecule has 2 atom stereocenters. The third-order valence-electron chi connectivity index (χ3n) is 4.52. The number of β-amino-alcohol motifs (C(OH)–C–C–N with tert-alkyl or cyclic N) is 1. The van der Waals surface area contributed by atoms with Crippen LogP contribution >= 0.6 is 0 Å². The maximum atomic E-state index is 12.5. The molecule has 6 nitrogen and oxygen atoms in total. The third kappa shape index (κ3) is 4.83. The predicted octanol–water partition coefficient (Wildman–Crippen LogP) is 2.87. The Bertz CT molecular complexity index is 815. The number of aryl methyl sites for hydroxylation is 1. The molecule has 0 spiro atoms. The van der Waals surface area contributed by atoms with Gasteiger partial charge < -0.3 is 15.2 Å². The number of alkyl halides is 2. The van der Waals surface area contributed by atoms with Crippen molar-refractivity contribution in [1.29, 1.82) is 0 Å². The Labute approximate surface area is 160 Å². The smallest absolute Gasteiger partial charge is 0.387 e. The molecule has 2 aromatic carbocycles. The van der Waals surface area contributed by atoms with Crippen LogP contribution in [0.2, 0.25) is 0 Å². The molecule has 1 saturated heterocycles. The number of aliphatic hydroxyl groups excluding tert-OH is 1. The van der Waals surface area contributed by atoms with Gasteiger partial charge in [-0.3, -0.25) is 9.69 Å². The fourth-order valence-corrected chi connectivity index (χ4v) is 3.05. The van der Waals surface area contributed by atoms with E-state index >= 15 is 0 Å². The summed E-state index contributed by atoms with van der Waals surface area (Å²) in [6.45, 7) is -3.16. The number of nitrogens with one attached hydrogen (secondary N) is 1. The number of urea groups is 1. The number of aliphatic hydroxyl groups is 1. The minimum absolute atomic E-state index is 0.0399. The van der Waals surface area contributed by atoms with Gasteiger partial charge in [-0.1, -0.05) is 42.5 Å². The van der Waals surface area contributed by atoms with Crippen molar-refractivity contribution in [2.45, 2.75) is 31.6 Å². The topological polar surface area (TPSA) is 78.9 Å². The van der Waals surface area contributed by atoms with Crippen LogP contribution < -0.4 is 10.1 Å². The second-order valence-electron chi connectivity index (χ2n) is 6.44. The number of amides is 3. The van der Waals surface area contributed by atoms with Crippen molar-refractivity contribution in [3.05, 3.63) is 65.7 Å². The van der Waals surface area contributed by atoms with Crippen molar-refractivity contribution in [3.63, 3.8) is 0 Å². The fourth-order valence-electron chi connectivity index (χ4n) is 3.05. The lowest BCUT2D eigenvalue weighted by atomic mass is 10.0. The molecular weight excluding hydrogens is 370 g/mol. The van der Waals surface area contributed by atoms with Gasteiger partial charge in [-0.05, 0) is 36.1 Å². The molecular formula is C20H20F2N2O4. The molecule has 1 aliphatic heterocycles. The van der Waals surface area contributed by atoms with Gasteiger partial charge in [0, 0.05) is 0 Å². The number of imide groups is 1. The van der Waals surface area contributed by atoms with Gasteiger partial charge in [-0.2, -0.15) is 8.78 Å². The minimum atomic E-state index is -2.94. The molecule has 1 fully saturated rings. The lowest BCUT2D eigenvalue weighted by Gasteiger charge is -2.18. The van der Waals surface area contributed by atoms with Crippen LogP contribution in [-0.4, -0.2) is 41.1 Å². The van der Waals surface area contributed by atoms with E-state index in [1.165, 1.54) is 24.3 Å². The Kier molecular flexibility index (Phi) is 6.20. The first-order chi connectivity index (χ1) is 13.4. The summed E-state index contributed by atoms with van der Waals surface area (Å²) in [5.74, 6) is -0.431. The molecule has 1 heterocycles. The van der Waals surface area contributed by atoms with Gasteiger partial charge in [0.2, 0.25) is 0 Å². The van der Waals surface area contributed by atoms with Crippen LogP contribution in [0.4, 0.5) is 13.6 Å². The highest BCUT2D eigenvalue weighted by Gasteiger charge is 2.38. The van der Waals surface area contributed by atoms with E-state index in [1.54, 1.807) is 0 Å². The molecule has 0 aromatic heterocycles. The van der Waals surface area contributed by atoms with Gasteiger partial charge >= 0.3 is 12.6 Å². The van der Waals surface area contributed by atoms with E-state index in [0.29, 0.717) is 18.4 Å². The van der Waals surface area contributed by atoms with Gasteiger partial charge in [0.15, 0.2) is 0 Å². The highest BCUT2D eigenvalue weighted by Crippen LogP contribution is 2.22. The molecule has 2 aromatic rings. The molecule has 2 N–H and O–H groups in total. The van der Waals surface area contributed by atoms with Crippen LogP contribution in [0.25, 0.3) is 0 Å². The number of nitrogens with zero attached hydrogens (tertiary/aromatic N) is 1. The highest BCUT2D eigenvalue weighted by molar-refractivity contribution is 6.04. The zero-order valence-corrected chi connectivity index (χ0v) is 14.9. The Morgan fingerprint density at radius 1 is 1.07 bits per heavy atom. The number of hydrogen-bond acceptors (Lipinski definition) is 4. The van der Waals surface area contributed by atoms with Crippen LogP contribution in [0, 0.1) is 0 Å². The first kappa shape index (κ1) is 19.8. The third-order valence-corrected chi connectivity index (χ3v) is 4.52. The first-order valence-electron chi connectivity index (χ1n) is 8.82. The second kappa shape index (κ2) is 8.79. The molecule has 3 rings (SSSR count). The Balaban J connectivity index is 1.57. The average Bonchev–Trinajstić information content (AvgIpc) is 2.95. The van der Waals surface area contributed by atoms with Crippen LogP contribution in [0.15, 0.2) is 54.6 Å². The van der Waals surface area contributed by atoms with Crippen molar-refractivity contribution in [3.8, 4) is 5.75 Å². The summed E-state index contributed by atoms with van der Waals surface area (Å²) in [5, 5.41) is 13.0. The molecule has 0 saturated carbocycles. The van der Waals surface area contributed by atoms with E-state index in [4.69, 9.17) is 0 Å². The van der Waals surface area contributed by atoms with Gasteiger partial charge in [0.05, 0.1) is 12.6 Å². The van der Waals surface area contributed by atoms with Gasteiger partial charge in [0.1, 0.15) is 11.8 Å². The summed E-state index contributed by atoms with van der Waals surface area (Å²) in [6.07, 6.45) is -0.0384. The number of carbonyl (C=O) groups excluding carboxylic acids is 2. The largest absolute Gasteiger partial charge is 0.435 e. The standard InChI is InChI=1S/C20H20F2N2O4/c21-19(22)28-15-9-7-14(8-10-15)17(25)12-24-18(26)16(23-20(24)27)11-6-13-4-2-1-3-5-13/h1-5,7-10,16-17,19,25H,6,11-12H2,(H,23,27). The van der Waals surface area contributed by atoms with E-state index in [-0.39, 0.29) is 12.3 Å². The quantitative estimate of drug-likeness (QED) is 0.680.